The van der Waals surface area contributed by atoms with Crippen molar-refractivity contribution in [1.29, 1.82) is 0 Å². The van der Waals surface area contributed by atoms with Gasteiger partial charge in [-0.1, -0.05) is 0 Å². The van der Waals surface area contributed by atoms with E-state index in [1.54, 1.807) is 0 Å². The number of carbonyl (C=O) groups is 1. The quantitative estimate of drug-likeness (QED) is 0.905. The number of anilines is 2. The Kier molecular flexibility index (Phi) is 3.51. The lowest BCUT2D eigenvalue weighted by atomic mass is 10.2. The van der Waals surface area contributed by atoms with Crippen LogP contribution < -0.4 is 15.4 Å². The summed E-state index contributed by atoms with van der Waals surface area (Å²) in [6.07, 6.45) is 3.69. The molecule has 6 heteroatoms. The molecule has 0 unspecified atom stereocenters. The Hall–Kier alpha value is -2.50. The van der Waals surface area contributed by atoms with Gasteiger partial charge in [-0.3, -0.25) is 4.79 Å². The Labute approximate surface area is 123 Å². The van der Waals surface area contributed by atoms with Gasteiger partial charge in [0.15, 0.2) is 6.61 Å². The van der Waals surface area contributed by atoms with E-state index in [1.807, 2.05) is 30.7 Å². The van der Waals surface area contributed by atoms with E-state index in [0.29, 0.717) is 24.0 Å². The number of nitrogens with one attached hydrogen (secondary N) is 2. The molecule has 0 saturated carbocycles. The van der Waals surface area contributed by atoms with Crippen LogP contribution in [0, 0.1) is 0 Å². The van der Waals surface area contributed by atoms with Crippen molar-refractivity contribution in [3.8, 4) is 5.75 Å². The first-order valence-electron chi connectivity index (χ1n) is 6.95. The molecule has 1 aromatic carbocycles. The number of rotatable bonds is 4. The molecular weight excluding hydrogens is 268 g/mol. The molecule has 0 radical (unpaired) electrons. The lowest BCUT2D eigenvalue weighted by molar-refractivity contribution is -0.118. The molecular formula is C15H18N4O2. The minimum atomic E-state index is -0.127. The summed E-state index contributed by atoms with van der Waals surface area (Å²) in [4.78, 5) is 15.5. The Morgan fingerprint density at radius 2 is 2.33 bits per heavy atom. The third-order valence-corrected chi connectivity index (χ3v) is 3.39. The molecule has 1 amide bonds. The van der Waals surface area contributed by atoms with Crippen LogP contribution in [-0.2, 0) is 11.3 Å². The molecule has 0 atom stereocenters. The molecule has 110 valence electrons. The van der Waals surface area contributed by atoms with Crippen molar-refractivity contribution in [2.75, 3.05) is 17.2 Å². The van der Waals surface area contributed by atoms with Gasteiger partial charge in [-0.15, -0.1) is 0 Å². The predicted molar refractivity (Wildman–Crippen MR) is 80.5 cm³/mol. The Morgan fingerprint density at radius 1 is 1.48 bits per heavy atom. The van der Waals surface area contributed by atoms with E-state index < -0.39 is 0 Å². The predicted octanol–water partition coefficient (Wildman–Crippen LogP) is 2.41. The molecule has 0 bridgehead atoms. The molecule has 3 rings (SSSR count). The van der Waals surface area contributed by atoms with E-state index >= 15 is 0 Å². The van der Waals surface area contributed by atoms with Crippen LogP contribution in [0.1, 0.15) is 25.6 Å². The van der Waals surface area contributed by atoms with E-state index in [4.69, 9.17) is 4.74 Å². The molecule has 0 aliphatic carbocycles. The molecule has 0 saturated heterocycles. The van der Waals surface area contributed by atoms with E-state index in [-0.39, 0.29) is 12.5 Å². The number of imidazole rings is 1. The van der Waals surface area contributed by atoms with E-state index in [2.05, 4.69) is 34.0 Å². The Bertz CT molecular complexity index is 663. The zero-order valence-electron chi connectivity index (χ0n) is 12.1. The average Bonchev–Trinajstić information content (AvgIpc) is 2.93. The number of ether oxygens (including phenoxy) is 1. The van der Waals surface area contributed by atoms with Crippen molar-refractivity contribution in [2.45, 2.75) is 26.4 Å². The second-order valence-corrected chi connectivity index (χ2v) is 5.29. The number of nitrogens with zero attached hydrogens (tertiary/aromatic N) is 2. The second kappa shape index (κ2) is 5.47. The van der Waals surface area contributed by atoms with Gasteiger partial charge in [-0.2, -0.15) is 0 Å². The van der Waals surface area contributed by atoms with Crippen LogP contribution in [-0.4, -0.2) is 22.1 Å². The minimum Gasteiger partial charge on any atom is -0.482 e. The smallest absolute Gasteiger partial charge is 0.262 e. The van der Waals surface area contributed by atoms with Crippen LogP contribution >= 0.6 is 0 Å². The van der Waals surface area contributed by atoms with Crippen LogP contribution in [0.5, 0.6) is 5.75 Å². The lowest BCUT2D eigenvalue weighted by Crippen LogP contribution is -2.25. The maximum atomic E-state index is 11.3. The van der Waals surface area contributed by atoms with Gasteiger partial charge >= 0.3 is 0 Å². The van der Waals surface area contributed by atoms with Gasteiger partial charge in [-0.05, 0) is 32.0 Å². The highest BCUT2D eigenvalue weighted by Gasteiger charge is 2.16. The number of hydrogen-bond acceptors (Lipinski definition) is 4. The van der Waals surface area contributed by atoms with E-state index in [0.717, 1.165) is 11.4 Å². The molecule has 1 aromatic heterocycles. The number of benzene rings is 1. The van der Waals surface area contributed by atoms with Crippen LogP contribution in [0.15, 0.2) is 30.7 Å². The maximum absolute atomic E-state index is 11.3. The SMILES string of the molecule is CC(C)n1cncc1CNc1ccc2c(c1)NC(=O)CO2. The van der Waals surface area contributed by atoms with Gasteiger partial charge < -0.3 is 19.9 Å². The summed E-state index contributed by atoms with van der Waals surface area (Å²) < 4.78 is 7.46. The van der Waals surface area contributed by atoms with Crippen LogP contribution in [0.25, 0.3) is 0 Å². The molecule has 1 aliphatic heterocycles. The summed E-state index contributed by atoms with van der Waals surface area (Å²) in [5.41, 5.74) is 2.74. The molecule has 2 aromatic rings. The summed E-state index contributed by atoms with van der Waals surface area (Å²) in [6.45, 7) is 4.99. The van der Waals surface area contributed by atoms with Crippen molar-refractivity contribution in [1.82, 2.24) is 9.55 Å². The maximum Gasteiger partial charge on any atom is 0.262 e. The van der Waals surface area contributed by atoms with Crippen LogP contribution in [0.4, 0.5) is 11.4 Å². The number of fused-ring (bicyclic) bond motifs is 1. The van der Waals surface area contributed by atoms with Crippen LogP contribution in [0.3, 0.4) is 0 Å². The fraction of sp³-hybridized carbons (Fsp3) is 0.333. The minimum absolute atomic E-state index is 0.0767. The Balaban J connectivity index is 1.72. The van der Waals surface area contributed by atoms with Gasteiger partial charge in [0.25, 0.3) is 5.91 Å². The fourth-order valence-electron chi connectivity index (χ4n) is 2.32. The molecule has 0 fully saturated rings. The molecule has 1 aliphatic rings. The molecule has 2 heterocycles. The average molecular weight is 286 g/mol. The standard InChI is InChI=1S/C15H18N4O2/c1-10(2)19-9-16-6-12(19)7-17-11-3-4-14-13(5-11)18-15(20)8-21-14/h3-6,9-10,17H,7-8H2,1-2H3,(H,18,20). The first kappa shape index (κ1) is 13.5. The monoisotopic (exact) mass is 286 g/mol. The number of hydrogen-bond donors (Lipinski definition) is 2. The summed E-state index contributed by atoms with van der Waals surface area (Å²) in [5.74, 6) is 0.574. The van der Waals surface area contributed by atoms with Gasteiger partial charge in [0.1, 0.15) is 5.75 Å². The first-order valence-corrected chi connectivity index (χ1v) is 6.95. The van der Waals surface area contributed by atoms with Gasteiger partial charge in [0, 0.05) is 17.9 Å². The number of amides is 1. The van der Waals surface area contributed by atoms with Gasteiger partial charge in [0.05, 0.1) is 24.3 Å². The highest BCUT2D eigenvalue weighted by molar-refractivity contribution is 5.96. The lowest BCUT2D eigenvalue weighted by Gasteiger charge is -2.19. The van der Waals surface area contributed by atoms with Crippen molar-refractivity contribution >= 4 is 17.3 Å². The summed E-state index contributed by atoms with van der Waals surface area (Å²) in [5, 5.41) is 6.14. The normalized spacial score (nSPS) is 13.6. The van der Waals surface area contributed by atoms with Crippen molar-refractivity contribution in [3.63, 3.8) is 0 Å². The van der Waals surface area contributed by atoms with E-state index in [1.165, 1.54) is 0 Å². The molecule has 21 heavy (non-hydrogen) atoms. The summed E-state index contributed by atoms with van der Waals surface area (Å²) in [7, 11) is 0. The summed E-state index contributed by atoms with van der Waals surface area (Å²) >= 11 is 0. The number of aromatic nitrogens is 2. The zero-order chi connectivity index (χ0) is 14.8. The van der Waals surface area contributed by atoms with Crippen molar-refractivity contribution < 1.29 is 9.53 Å². The third kappa shape index (κ3) is 2.84. The summed E-state index contributed by atoms with van der Waals surface area (Å²) in [6, 6.07) is 6.05. The number of carbonyl (C=O) groups excluding carboxylic acids is 1. The highest BCUT2D eigenvalue weighted by Crippen LogP contribution is 2.30. The van der Waals surface area contributed by atoms with E-state index in [9.17, 15) is 4.79 Å². The van der Waals surface area contributed by atoms with Crippen molar-refractivity contribution in [3.05, 3.63) is 36.4 Å². The van der Waals surface area contributed by atoms with Gasteiger partial charge in [-0.25, -0.2) is 4.98 Å². The largest absolute Gasteiger partial charge is 0.482 e. The molecule has 0 spiro atoms. The topological polar surface area (TPSA) is 68.2 Å². The molecule has 2 N–H and O–H groups in total. The first-order chi connectivity index (χ1) is 10.1. The Morgan fingerprint density at radius 3 is 3.14 bits per heavy atom. The zero-order valence-corrected chi connectivity index (χ0v) is 12.1. The van der Waals surface area contributed by atoms with Crippen LogP contribution in [0.2, 0.25) is 0 Å². The third-order valence-electron chi connectivity index (χ3n) is 3.39. The van der Waals surface area contributed by atoms with Crippen molar-refractivity contribution in [2.24, 2.45) is 0 Å². The molecule has 6 nitrogen and oxygen atoms in total. The van der Waals surface area contributed by atoms with Gasteiger partial charge in [0.2, 0.25) is 0 Å². The fourth-order valence-corrected chi connectivity index (χ4v) is 2.32. The second-order valence-electron chi connectivity index (χ2n) is 5.29. The highest BCUT2D eigenvalue weighted by atomic mass is 16.5.